The molecule has 4 nitrogen and oxygen atoms in total. The molecule has 0 aromatic heterocycles. The lowest BCUT2D eigenvalue weighted by molar-refractivity contribution is -0.112. The number of hydrogen-bond donors (Lipinski definition) is 0. The minimum atomic E-state index is -3.13. The van der Waals surface area contributed by atoms with Gasteiger partial charge in [0.2, 0.25) is 0 Å². The largest absolute Gasteiger partial charge is 0.303 e. The third kappa shape index (κ3) is 3.25. The van der Waals surface area contributed by atoms with Crippen LogP contribution >= 0.6 is 0 Å². The fourth-order valence-corrected chi connectivity index (χ4v) is 5.91. The second-order valence-electron chi connectivity index (χ2n) is 5.95. The van der Waals surface area contributed by atoms with Gasteiger partial charge in [-0.15, -0.1) is 0 Å². The lowest BCUT2D eigenvalue weighted by atomic mass is 9.90. The quantitative estimate of drug-likeness (QED) is 0.740. The van der Waals surface area contributed by atoms with Gasteiger partial charge < -0.3 is 9.59 Å². The smallest absolute Gasteiger partial charge is 0.156 e. The van der Waals surface area contributed by atoms with Gasteiger partial charge in [0.05, 0.1) is 10.5 Å². The first-order chi connectivity index (χ1) is 9.07. The first-order valence-electron chi connectivity index (χ1n) is 7.21. The van der Waals surface area contributed by atoms with Gasteiger partial charge in [-0.3, -0.25) is 0 Å². The van der Waals surface area contributed by atoms with Crippen LogP contribution in [0.5, 0.6) is 0 Å². The number of sulfone groups is 1. The Hall–Kier alpha value is -0.710. The second-order valence-corrected chi connectivity index (χ2v) is 8.46. The molecule has 0 aromatic carbocycles. The molecular weight excluding hydrogens is 264 g/mol. The molecule has 0 spiro atoms. The lowest BCUT2D eigenvalue weighted by Crippen LogP contribution is -2.38. The molecule has 108 valence electrons. The third-order valence-electron chi connectivity index (χ3n) is 4.70. The lowest BCUT2D eigenvalue weighted by Gasteiger charge is -2.32. The summed E-state index contributed by atoms with van der Waals surface area (Å²) in [5.74, 6) is -0.0413. The summed E-state index contributed by atoms with van der Waals surface area (Å²) < 4.78 is 25.2. The summed E-state index contributed by atoms with van der Waals surface area (Å²) in [5.41, 5.74) is 0. The Balaban J connectivity index is 2.01. The van der Waals surface area contributed by atoms with E-state index in [-0.39, 0.29) is 22.3 Å². The van der Waals surface area contributed by atoms with E-state index in [9.17, 15) is 18.0 Å². The summed E-state index contributed by atoms with van der Waals surface area (Å²) in [6.07, 6.45) is 7.30. The van der Waals surface area contributed by atoms with Crippen molar-refractivity contribution in [3.05, 3.63) is 0 Å². The molecular formula is C14H22O4S. The maximum absolute atomic E-state index is 12.6. The highest BCUT2D eigenvalue weighted by Gasteiger charge is 2.38. The number of carbonyl (C=O) groups is 2. The van der Waals surface area contributed by atoms with Gasteiger partial charge in [0.25, 0.3) is 0 Å². The van der Waals surface area contributed by atoms with Crippen molar-refractivity contribution in [2.24, 2.45) is 11.8 Å². The van der Waals surface area contributed by atoms with Gasteiger partial charge in [-0.25, -0.2) is 8.42 Å². The predicted molar refractivity (Wildman–Crippen MR) is 72.5 cm³/mol. The number of carbonyl (C=O) groups excluding carboxylic acids is 2. The van der Waals surface area contributed by atoms with Crippen molar-refractivity contribution in [1.29, 1.82) is 0 Å². The first-order valence-corrected chi connectivity index (χ1v) is 8.82. The van der Waals surface area contributed by atoms with Crippen LogP contribution in [0.25, 0.3) is 0 Å². The fraction of sp³-hybridized carbons (Fsp3) is 0.857. The van der Waals surface area contributed by atoms with Crippen LogP contribution in [0.4, 0.5) is 0 Å². The van der Waals surface area contributed by atoms with Gasteiger partial charge in [-0.05, 0) is 44.9 Å². The number of hydrogen-bond acceptors (Lipinski definition) is 4. The molecule has 0 bridgehead atoms. The summed E-state index contributed by atoms with van der Waals surface area (Å²) in [5, 5.41) is -0.631. The zero-order chi connectivity index (χ0) is 13.9. The topological polar surface area (TPSA) is 68.3 Å². The van der Waals surface area contributed by atoms with Crippen molar-refractivity contribution in [1.82, 2.24) is 0 Å². The summed E-state index contributed by atoms with van der Waals surface area (Å²) in [4.78, 5) is 21.6. The molecule has 0 N–H and O–H groups in total. The van der Waals surface area contributed by atoms with Gasteiger partial charge in [0.15, 0.2) is 9.84 Å². The molecule has 2 aliphatic carbocycles. The molecule has 2 unspecified atom stereocenters. The summed E-state index contributed by atoms with van der Waals surface area (Å²) in [7, 11) is -3.13. The van der Waals surface area contributed by atoms with Crippen LogP contribution in [0.2, 0.25) is 0 Å². The third-order valence-corrected chi connectivity index (χ3v) is 7.46. The SMILES string of the molecule is O=CC1CCC(S(=O)(=O)C2CCCC(C=O)C2)CC1. The minimum Gasteiger partial charge on any atom is -0.303 e. The zero-order valence-electron chi connectivity index (χ0n) is 11.2. The average Bonchev–Trinajstić information content (AvgIpc) is 2.47. The van der Waals surface area contributed by atoms with Crippen molar-refractivity contribution in [3.8, 4) is 0 Å². The Morgan fingerprint density at radius 3 is 1.95 bits per heavy atom. The van der Waals surface area contributed by atoms with Crippen LogP contribution in [0.3, 0.4) is 0 Å². The van der Waals surface area contributed by atoms with E-state index in [1.54, 1.807) is 0 Å². The van der Waals surface area contributed by atoms with Crippen molar-refractivity contribution < 1.29 is 18.0 Å². The van der Waals surface area contributed by atoms with Gasteiger partial charge >= 0.3 is 0 Å². The Morgan fingerprint density at radius 1 is 0.737 bits per heavy atom. The summed E-state index contributed by atoms with van der Waals surface area (Å²) in [6.45, 7) is 0. The van der Waals surface area contributed by atoms with E-state index in [2.05, 4.69) is 0 Å². The normalized spacial score (nSPS) is 36.6. The van der Waals surface area contributed by atoms with Gasteiger partial charge in [-0.1, -0.05) is 6.42 Å². The van der Waals surface area contributed by atoms with Crippen molar-refractivity contribution in [3.63, 3.8) is 0 Å². The molecule has 2 fully saturated rings. The van der Waals surface area contributed by atoms with E-state index in [4.69, 9.17) is 0 Å². The average molecular weight is 286 g/mol. The molecule has 2 rings (SSSR count). The number of rotatable bonds is 4. The first kappa shape index (κ1) is 14.7. The molecule has 2 aliphatic rings. The zero-order valence-corrected chi connectivity index (χ0v) is 12.0. The van der Waals surface area contributed by atoms with Crippen LogP contribution in [-0.2, 0) is 19.4 Å². The van der Waals surface area contributed by atoms with E-state index in [1.807, 2.05) is 0 Å². The molecule has 2 saturated carbocycles. The maximum atomic E-state index is 12.6. The maximum Gasteiger partial charge on any atom is 0.156 e. The molecule has 0 aromatic rings. The summed E-state index contributed by atoms with van der Waals surface area (Å²) >= 11 is 0. The number of aldehydes is 2. The van der Waals surface area contributed by atoms with E-state index in [1.165, 1.54) is 0 Å². The van der Waals surface area contributed by atoms with Gasteiger partial charge in [0, 0.05) is 11.8 Å². The summed E-state index contributed by atoms with van der Waals surface area (Å²) in [6, 6.07) is 0. The highest BCUT2D eigenvalue weighted by atomic mass is 32.2. The Kier molecular flexibility index (Phi) is 4.76. The standard InChI is InChI=1S/C14H22O4S/c15-9-11-4-6-13(7-5-11)19(17,18)14-3-1-2-12(8-14)10-16/h9-14H,1-8H2. The van der Waals surface area contributed by atoms with Crippen molar-refractivity contribution in [2.45, 2.75) is 61.9 Å². The molecule has 0 amide bonds. The van der Waals surface area contributed by atoms with Gasteiger partial charge in [-0.2, -0.15) is 0 Å². The van der Waals surface area contributed by atoms with Crippen LogP contribution in [0, 0.1) is 11.8 Å². The predicted octanol–water partition coefficient (Wildman–Crippen LogP) is 1.92. The van der Waals surface area contributed by atoms with E-state index in [0.717, 1.165) is 25.4 Å². The highest BCUT2D eigenvalue weighted by Crippen LogP contribution is 2.35. The van der Waals surface area contributed by atoms with Crippen molar-refractivity contribution in [2.75, 3.05) is 0 Å². The highest BCUT2D eigenvalue weighted by molar-refractivity contribution is 7.92. The molecule has 5 heteroatoms. The second kappa shape index (κ2) is 6.16. The molecule has 2 atom stereocenters. The van der Waals surface area contributed by atoms with E-state index >= 15 is 0 Å². The van der Waals surface area contributed by atoms with Gasteiger partial charge in [0.1, 0.15) is 12.6 Å². The van der Waals surface area contributed by atoms with Crippen LogP contribution in [-0.4, -0.2) is 31.5 Å². The molecule has 0 heterocycles. The Labute approximate surface area is 114 Å². The van der Waals surface area contributed by atoms with Crippen LogP contribution < -0.4 is 0 Å². The Bertz CT molecular complexity index is 421. The molecule has 0 radical (unpaired) electrons. The molecule has 0 saturated heterocycles. The van der Waals surface area contributed by atoms with Crippen molar-refractivity contribution >= 4 is 22.4 Å². The minimum absolute atomic E-state index is 0.0422. The van der Waals surface area contributed by atoms with Crippen LogP contribution in [0.1, 0.15) is 51.4 Å². The monoisotopic (exact) mass is 286 g/mol. The fourth-order valence-electron chi connectivity index (χ4n) is 3.43. The van der Waals surface area contributed by atoms with E-state index < -0.39 is 9.84 Å². The molecule has 0 aliphatic heterocycles. The van der Waals surface area contributed by atoms with E-state index in [0.29, 0.717) is 38.5 Å². The van der Waals surface area contributed by atoms with Crippen LogP contribution in [0.15, 0.2) is 0 Å². The molecule has 19 heavy (non-hydrogen) atoms. The Morgan fingerprint density at radius 2 is 1.37 bits per heavy atom.